The fraction of sp³-hybridized carbons (Fsp3) is 0.833. The van der Waals surface area contributed by atoms with Gasteiger partial charge in [0.2, 0.25) is 0 Å². The van der Waals surface area contributed by atoms with Crippen LogP contribution in [0.1, 0.15) is 20.3 Å². The van der Waals surface area contributed by atoms with Gasteiger partial charge in [-0.05, 0) is 26.2 Å². The van der Waals surface area contributed by atoms with E-state index in [-0.39, 0.29) is 24.5 Å². The standard InChI is InChI=1S/C12H18O7/c1-5(2)17-11(16)9-8(10(14)15)18-12(19-9)7-3-6(7)4-13/h5-9,12-13H,3-4H2,1-2H3,(H,14,15)/t6-,7?,8+,9+,12+/m0/s1. The highest BCUT2D eigenvalue weighted by Crippen LogP contribution is 2.45. The minimum Gasteiger partial charge on any atom is -0.479 e. The number of aliphatic carboxylic acids is 1. The number of aliphatic hydroxyl groups is 1. The first-order valence-electron chi connectivity index (χ1n) is 6.29. The van der Waals surface area contributed by atoms with Gasteiger partial charge in [0.15, 0.2) is 18.5 Å². The van der Waals surface area contributed by atoms with Gasteiger partial charge < -0.3 is 24.4 Å². The maximum atomic E-state index is 11.8. The predicted molar refractivity (Wildman–Crippen MR) is 61.1 cm³/mol. The van der Waals surface area contributed by atoms with Crippen LogP contribution in [0.4, 0.5) is 0 Å². The summed E-state index contributed by atoms with van der Waals surface area (Å²) in [4.78, 5) is 22.8. The molecule has 1 unspecified atom stereocenters. The molecule has 2 rings (SSSR count). The minimum atomic E-state index is -1.35. The van der Waals surface area contributed by atoms with Gasteiger partial charge in [0, 0.05) is 12.5 Å². The third kappa shape index (κ3) is 3.05. The molecule has 0 amide bonds. The molecule has 2 aliphatic rings. The van der Waals surface area contributed by atoms with Gasteiger partial charge in [-0.25, -0.2) is 9.59 Å². The summed E-state index contributed by atoms with van der Waals surface area (Å²) in [5.74, 6) is -1.98. The van der Waals surface area contributed by atoms with Gasteiger partial charge in [-0.3, -0.25) is 0 Å². The number of rotatable bonds is 5. The van der Waals surface area contributed by atoms with Crippen LogP contribution in [0, 0.1) is 11.8 Å². The topological polar surface area (TPSA) is 102 Å². The van der Waals surface area contributed by atoms with Crippen LogP contribution in [0.3, 0.4) is 0 Å². The summed E-state index contributed by atoms with van der Waals surface area (Å²) in [7, 11) is 0. The SMILES string of the molecule is CC(C)OC(=O)[C@@H]1O[C@H](C2C[C@H]2CO)O[C@H]1C(=O)O. The zero-order valence-corrected chi connectivity index (χ0v) is 10.8. The first-order chi connectivity index (χ1) is 8.93. The van der Waals surface area contributed by atoms with Crippen molar-refractivity contribution in [3.05, 3.63) is 0 Å². The number of carboxylic acid groups (broad SMARTS) is 1. The van der Waals surface area contributed by atoms with Crippen molar-refractivity contribution in [1.82, 2.24) is 0 Å². The molecule has 7 nitrogen and oxygen atoms in total. The molecule has 7 heteroatoms. The molecular formula is C12H18O7. The van der Waals surface area contributed by atoms with Crippen molar-refractivity contribution in [2.45, 2.75) is 44.9 Å². The quantitative estimate of drug-likeness (QED) is 0.667. The molecule has 2 N–H and O–H groups in total. The maximum absolute atomic E-state index is 11.8. The third-order valence-electron chi connectivity index (χ3n) is 3.23. The van der Waals surface area contributed by atoms with Gasteiger partial charge in [-0.2, -0.15) is 0 Å². The molecular weight excluding hydrogens is 256 g/mol. The van der Waals surface area contributed by atoms with Crippen LogP contribution in [0.5, 0.6) is 0 Å². The van der Waals surface area contributed by atoms with E-state index >= 15 is 0 Å². The van der Waals surface area contributed by atoms with Crippen molar-refractivity contribution in [3.63, 3.8) is 0 Å². The maximum Gasteiger partial charge on any atom is 0.339 e. The Labute approximate surface area is 110 Å². The monoisotopic (exact) mass is 274 g/mol. The molecule has 0 radical (unpaired) electrons. The summed E-state index contributed by atoms with van der Waals surface area (Å²) in [6.45, 7) is 3.35. The number of carboxylic acids is 1. The molecule has 2 fully saturated rings. The number of carbonyl (C=O) groups is 2. The first kappa shape index (κ1) is 14.2. The fourth-order valence-corrected chi connectivity index (χ4v) is 2.15. The van der Waals surface area contributed by atoms with Crippen molar-refractivity contribution in [3.8, 4) is 0 Å². The van der Waals surface area contributed by atoms with E-state index in [1.807, 2.05) is 0 Å². The second-order valence-electron chi connectivity index (χ2n) is 5.15. The summed E-state index contributed by atoms with van der Waals surface area (Å²) < 4.78 is 15.6. The number of aliphatic hydroxyl groups excluding tert-OH is 1. The van der Waals surface area contributed by atoms with E-state index in [4.69, 9.17) is 24.4 Å². The summed E-state index contributed by atoms with van der Waals surface area (Å²) >= 11 is 0. The zero-order valence-electron chi connectivity index (χ0n) is 10.8. The van der Waals surface area contributed by atoms with Gasteiger partial charge in [-0.15, -0.1) is 0 Å². The van der Waals surface area contributed by atoms with Crippen molar-refractivity contribution < 1.29 is 34.0 Å². The second kappa shape index (κ2) is 5.44. The molecule has 108 valence electrons. The molecule has 0 aromatic carbocycles. The van der Waals surface area contributed by atoms with Crippen molar-refractivity contribution in [2.24, 2.45) is 11.8 Å². The highest BCUT2D eigenvalue weighted by atomic mass is 16.8. The predicted octanol–water partition coefficient (Wildman–Crippen LogP) is -0.239. The number of carbonyl (C=O) groups excluding carboxylic acids is 1. The lowest BCUT2D eigenvalue weighted by Crippen LogP contribution is -2.39. The van der Waals surface area contributed by atoms with Gasteiger partial charge in [0.05, 0.1) is 6.10 Å². The lowest BCUT2D eigenvalue weighted by molar-refractivity contribution is -0.164. The average molecular weight is 274 g/mol. The lowest BCUT2D eigenvalue weighted by atomic mass is 10.2. The molecule has 1 saturated heterocycles. The molecule has 0 aromatic rings. The van der Waals surface area contributed by atoms with E-state index in [0.29, 0.717) is 6.42 Å². The normalized spacial score (nSPS) is 37.4. The Balaban J connectivity index is 2.00. The fourth-order valence-electron chi connectivity index (χ4n) is 2.15. The molecule has 1 heterocycles. The summed E-state index contributed by atoms with van der Waals surface area (Å²) in [6, 6.07) is 0. The number of esters is 1. The highest BCUT2D eigenvalue weighted by Gasteiger charge is 2.54. The Morgan fingerprint density at radius 2 is 1.95 bits per heavy atom. The third-order valence-corrected chi connectivity index (χ3v) is 3.23. The molecule has 0 spiro atoms. The Bertz CT molecular complexity index is 367. The highest BCUT2D eigenvalue weighted by molar-refractivity contribution is 5.85. The van der Waals surface area contributed by atoms with Crippen LogP contribution in [-0.4, -0.2) is 53.4 Å². The van der Waals surface area contributed by atoms with E-state index in [1.54, 1.807) is 13.8 Å². The molecule has 1 aliphatic carbocycles. The van der Waals surface area contributed by atoms with Crippen LogP contribution < -0.4 is 0 Å². The summed E-state index contributed by atoms with van der Waals surface area (Å²) in [5.41, 5.74) is 0. The second-order valence-corrected chi connectivity index (χ2v) is 5.15. The Morgan fingerprint density at radius 3 is 2.42 bits per heavy atom. The Morgan fingerprint density at radius 1 is 1.32 bits per heavy atom. The van der Waals surface area contributed by atoms with Gasteiger partial charge in [-0.1, -0.05) is 0 Å². The first-order valence-corrected chi connectivity index (χ1v) is 6.29. The van der Waals surface area contributed by atoms with Crippen molar-refractivity contribution >= 4 is 11.9 Å². The molecule has 1 aliphatic heterocycles. The van der Waals surface area contributed by atoms with Crippen molar-refractivity contribution in [2.75, 3.05) is 6.61 Å². The van der Waals surface area contributed by atoms with E-state index < -0.39 is 30.4 Å². The molecule has 19 heavy (non-hydrogen) atoms. The number of hydrogen-bond acceptors (Lipinski definition) is 6. The lowest BCUT2D eigenvalue weighted by Gasteiger charge is -2.14. The Hall–Kier alpha value is -1.18. The van der Waals surface area contributed by atoms with E-state index in [9.17, 15) is 9.59 Å². The zero-order chi connectivity index (χ0) is 14.2. The number of hydrogen-bond donors (Lipinski definition) is 2. The largest absolute Gasteiger partial charge is 0.479 e. The molecule has 1 saturated carbocycles. The van der Waals surface area contributed by atoms with E-state index in [0.717, 1.165) is 0 Å². The Kier molecular flexibility index (Phi) is 4.07. The summed E-state index contributed by atoms with van der Waals surface area (Å²) in [6.07, 6.45) is -3.00. The summed E-state index contributed by atoms with van der Waals surface area (Å²) in [5, 5.41) is 18.0. The number of ether oxygens (including phenoxy) is 3. The van der Waals surface area contributed by atoms with Gasteiger partial charge >= 0.3 is 11.9 Å². The average Bonchev–Trinajstić information content (AvgIpc) is 2.97. The van der Waals surface area contributed by atoms with E-state index in [2.05, 4.69) is 0 Å². The van der Waals surface area contributed by atoms with Gasteiger partial charge in [0.25, 0.3) is 0 Å². The minimum absolute atomic E-state index is 0.00668. The van der Waals surface area contributed by atoms with Crippen LogP contribution in [0.25, 0.3) is 0 Å². The molecule has 5 atom stereocenters. The van der Waals surface area contributed by atoms with Crippen molar-refractivity contribution in [1.29, 1.82) is 0 Å². The van der Waals surface area contributed by atoms with Crippen LogP contribution >= 0.6 is 0 Å². The van der Waals surface area contributed by atoms with E-state index in [1.165, 1.54) is 0 Å². The van der Waals surface area contributed by atoms with Crippen LogP contribution in [0.2, 0.25) is 0 Å². The van der Waals surface area contributed by atoms with Crippen LogP contribution in [0.15, 0.2) is 0 Å². The van der Waals surface area contributed by atoms with Crippen LogP contribution in [-0.2, 0) is 23.8 Å². The molecule has 0 bridgehead atoms. The van der Waals surface area contributed by atoms with Gasteiger partial charge in [0.1, 0.15) is 0 Å². The molecule has 0 aromatic heterocycles. The smallest absolute Gasteiger partial charge is 0.339 e.